The van der Waals surface area contributed by atoms with Gasteiger partial charge in [-0.25, -0.2) is 0 Å². The summed E-state index contributed by atoms with van der Waals surface area (Å²) in [7, 11) is 0. The average Bonchev–Trinajstić information content (AvgIpc) is 2.65. The van der Waals surface area contributed by atoms with Crippen LogP contribution in [0.4, 0.5) is 5.69 Å². The van der Waals surface area contributed by atoms with E-state index in [9.17, 15) is 10.1 Å². The Morgan fingerprint density at radius 3 is 2.93 bits per heavy atom. The highest BCUT2D eigenvalue weighted by atomic mass is 35.5. The maximum Gasteiger partial charge on any atom is 0.251 e. The molecule has 28 heavy (non-hydrogen) atoms. The third-order valence-corrected chi connectivity index (χ3v) is 5.19. The zero-order valence-electron chi connectivity index (χ0n) is 15.7. The van der Waals surface area contributed by atoms with Gasteiger partial charge in [-0.15, -0.1) is 12.4 Å². The lowest BCUT2D eigenvalue weighted by Gasteiger charge is -2.38. The minimum Gasteiger partial charge on any atom is -0.365 e. The zero-order chi connectivity index (χ0) is 18.8. The number of amides is 1. The van der Waals surface area contributed by atoms with Crippen molar-refractivity contribution in [2.24, 2.45) is 5.92 Å². The van der Waals surface area contributed by atoms with Crippen molar-refractivity contribution in [3.05, 3.63) is 36.0 Å². The van der Waals surface area contributed by atoms with Gasteiger partial charge >= 0.3 is 0 Å². The molecule has 2 aliphatic rings. The number of carbonyl (C=O) groups excluding carboxylic acids is 1. The summed E-state index contributed by atoms with van der Waals surface area (Å²) >= 11 is 0. The second kappa shape index (κ2) is 8.74. The number of nitrogens with one attached hydrogen (secondary N) is 2. The molecule has 2 unspecified atom stereocenters. The van der Waals surface area contributed by atoms with Crippen LogP contribution in [0.5, 0.6) is 0 Å². The molecule has 0 saturated carbocycles. The highest BCUT2D eigenvalue weighted by Crippen LogP contribution is 2.30. The maximum absolute atomic E-state index is 12.6. The van der Waals surface area contributed by atoms with Crippen molar-refractivity contribution in [3.8, 4) is 6.07 Å². The van der Waals surface area contributed by atoms with Crippen molar-refractivity contribution in [1.29, 1.82) is 5.26 Å². The van der Waals surface area contributed by atoms with Crippen LogP contribution in [0.2, 0.25) is 0 Å². The van der Waals surface area contributed by atoms with E-state index in [1.165, 1.54) is 0 Å². The number of nitrogens with zero attached hydrogens (tertiary/aromatic N) is 3. The number of halogens is 1. The van der Waals surface area contributed by atoms with Gasteiger partial charge in [0.15, 0.2) is 6.10 Å². The van der Waals surface area contributed by atoms with E-state index in [1.54, 1.807) is 12.3 Å². The molecule has 1 aromatic heterocycles. The Labute approximate surface area is 170 Å². The summed E-state index contributed by atoms with van der Waals surface area (Å²) in [5.41, 5.74) is 2.22. The van der Waals surface area contributed by atoms with Gasteiger partial charge < -0.3 is 20.3 Å². The normalized spacial score (nSPS) is 22.1. The van der Waals surface area contributed by atoms with Crippen LogP contribution in [0.25, 0.3) is 10.9 Å². The van der Waals surface area contributed by atoms with E-state index in [4.69, 9.17) is 4.74 Å². The molecule has 1 aromatic carbocycles. The van der Waals surface area contributed by atoms with E-state index < -0.39 is 6.10 Å². The molecule has 2 atom stereocenters. The highest BCUT2D eigenvalue weighted by molar-refractivity contribution is 5.95. The van der Waals surface area contributed by atoms with E-state index in [0.29, 0.717) is 36.6 Å². The fourth-order valence-corrected chi connectivity index (χ4v) is 3.67. The molecule has 148 valence electrons. The van der Waals surface area contributed by atoms with Crippen molar-refractivity contribution in [2.75, 3.05) is 37.6 Å². The van der Waals surface area contributed by atoms with Crippen molar-refractivity contribution in [3.63, 3.8) is 0 Å². The van der Waals surface area contributed by atoms with Crippen LogP contribution in [0.3, 0.4) is 0 Å². The molecular formula is C20H24ClN5O2. The molecule has 3 heterocycles. The third kappa shape index (κ3) is 4.04. The SMILES string of the molecule is CC1CN(c2ccc(C#N)c3ncccc23)CC(C(=O)NCC2CNC2)O1.Cl. The van der Waals surface area contributed by atoms with Crippen molar-refractivity contribution >= 4 is 34.9 Å². The number of carbonyl (C=O) groups is 1. The van der Waals surface area contributed by atoms with Crippen LogP contribution in [0.1, 0.15) is 12.5 Å². The molecule has 0 bridgehead atoms. The minimum atomic E-state index is -0.510. The summed E-state index contributed by atoms with van der Waals surface area (Å²) < 4.78 is 5.90. The van der Waals surface area contributed by atoms with Gasteiger partial charge in [0.25, 0.3) is 5.91 Å². The number of nitriles is 1. The number of hydrogen-bond donors (Lipinski definition) is 2. The molecule has 0 radical (unpaired) electrons. The number of pyridine rings is 1. The van der Waals surface area contributed by atoms with Crippen molar-refractivity contribution < 1.29 is 9.53 Å². The maximum atomic E-state index is 12.6. The largest absolute Gasteiger partial charge is 0.365 e. The van der Waals surface area contributed by atoms with Gasteiger partial charge in [-0.2, -0.15) is 5.26 Å². The molecule has 0 spiro atoms. The number of benzene rings is 1. The number of aromatic nitrogens is 1. The van der Waals surface area contributed by atoms with Crippen LogP contribution < -0.4 is 15.5 Å². The minimum absolute atomic E-state index is 0. The Morgan fingerprint density at radius 1 is 1.39 bits per heavy atom. The highest BCUT2D eigenvalue weighted by Gasteiger charge is 2.32. The molecule has 2 aliphatic heterocycles. The van der Waals surface area contributed by atoms with E-state index in [0.717, 1.165) is 24.2 Å². The summed E-state index contributed by atoms with van der Waals surface area (Å²) in [4.78, 5) is 19.1. The van der Waals surface area contributed by atoms with Crippen LogP contribution in [0, 0.1) is 17.2 Å². The Kier molecular flexibility index (Phi) is 6.35. The second-order valence-corrected chi connectivity index (χ2v) is 7.25. The van der Waals surface area contributed by atoms with Gasteiger partial charge in [-0.3, -0.25) is 9.78 Å². The summed E-state index contributed by atoms with van der Waals surface area (Å²) in [6.45, 7) is 5.74. The van der Waals surface area contributed by atoms with Gasteiger partial charge in [-0.1, -0.05) is 0 Å². The van der Waals surface area contributed by atoms with Gasteiger partial charge in [-0.05, 0) is 31.2 Å². The third-order valence-electron chi connectivity index (χ3n) is 5.19. The number of morpholine rings is 1. The predicted molar refractivity (Wildman–Crippen MR) is 110 cm³/mol. The number of fused-ring (bicyclic) bond motifs is 1. The molecule has 2 aromatic rings. The molecule has 0 aliphatic carbocycles. The lowest BCUT2D eigenvalue weighted by atomic mass is 10.0. The lowest BCUT2D eigenvalue weighted by Crippen LogP contribution is -2.55. The van der Waals surface area contributed by atoms with E-state index in [1.807, 2.05) is 25.1 Å². The quantitative estimate of drug-likeness (QED) is 0.806. The Morgan fingerprint density at radius 2 is 2.21 bits per heavy atom. The lowest BCUT2D eigenvalue weighted by molar-refractivity contribution is -0.137. The monoisotopic (exact) mass is 401 g/mol. The molecular weight excluding hydrogens is 378 g/mol. The smallest absolute Gasteiger partial charge is 0.251 e. The first kappa shape index (κ1) is 20.3. The van der Waals surface area contributed by atoms with Crippen LogP contribution in [0.15, 0.2) is 30.5 Å². The van der Waals surface area contributed by atoms with Crippen LogP contribution >= 0.6 is 12.4 Å². The number of ether oxygens (including phenoxy) is 1. The Bertz CT molecular complexity index is 896. The first-order chi connectivity index (χ1) is 13.2. The van der Waals surface area contributed by atoms with E-state index in [2.05, 4.69) is 26.6 Å². The second-order valence-electron chi connectivity index (χ2n) is 7.25. The first-order valence-electron chi connectivity index (χ1n) is 9.32. The number of rotatable bonds is 4. The van der Waals surface area contributed by atoms with Crippen LogP contribution in [-0.2, 0) is 9.53 Å². The van der Waals surface area contributed by atoms with E-state index in [-0.39, 0.29) is 24.4 Å². The predicted octanol–water partition coefficient (Wildman–Crippen LogP) is 1.46. The molecule has 2 saturated heterocycles. The topological polar surface area (TPSA) is 90.3 Å². The molecule has 2 fully saturated rings. The molecule has 2 N–H and O–H groups in total. The van der Waals surface area contributed by atoms with Gasteiger partial charge in [0.2, 0.25) is 0 Å². The zero-order valence-corrected chi connectivity index (χ0v) is 16.5. The summed E-state index contributed by atoms with van der Waals surface area (Å²) in [6.07, 6.45) is 1.12. The Hall–Kier alpha value is -2.40. The summed E-state index contributed by atoms with van der Waals surface area (Å²) in [5.74, 6) is 0.453. The average molecular weight is 402 g/mol. The van der Waals surface area contributed by atoms with Crippen LogP contribution in [-0.4, -0.2) is 55.8 Å². The van der Waals surface area contributed by atoms with Crippen molar-refractivity contribution in [2.45, 2.75) is 19.1 Å². The fraction of sp³-hybridized carbons (Fsp3) is 0.450. The number of hydrogen-bond acceptors (Lipinski definition) is 6. The number of anilines is 1. The van der Waals surface area contributed by atoms with Gasteiger partial charge in [0.1, 0.15) is 6.07 Å². The van der Waals surface area contributed by atoms with E-state index >= 15 is 0 Å². The van der Waals surface area contributed by atoms with Gasteiger partial charge in [0.05, 0.1) is 23.7 Å². The van der Waals surface area contributed by atoms with Crippen molar-refractivity contribution in [1.82, 2.24) is 15.6 Å². The standard InChI is InChI=1S/C20H23N5O2.ClH/c1-13-11-25(12-18(27-13)20(26)24-10-14-8-22-9-14)17-5-4-15(7-21)19-16(17)3-2-6-23-19;/h2-6,13-14,18,22H,8-12H2,1H3,(H,24,26);1H. The molecule has 8 heteroatoms. The summed E-state index contributed by atoms with van der Waals surface area (Å²) in [6, 6.07) is 9.77. The summed E-state index contributed by atoms with van der Waals surface area (Å²) in [5, 5.41) is 16.5. The molecule has 7 nitrogen and oxygen atoms in total. The Balaban J connectivity index is 0.00000225. The molecule has 4 rings (SSSR count). The first-order valence-corrected chi connectivity index (χ1v) is 9.32. The molecule has 1 amide bonds. The van der Waals surface area contributed by atoms with Gasteiger partial charge in [0, 0.05) is 49.4 Å². The fourth-order valence-electron chi connectivity index (χ4n) is 3.67.